The number of methoxy groups -OCH3 is 1. The first kappa shape index (κ1) is 21.2. The van der Waals surface area contributed by atoms with Crippen LogP contribution in [0.3, 0.4) is 0 Å². The van der Waals surface area contributed by atoms with Crippen molar-refractivity contribution in [3.63, 3.8) is 0 Å². The van der Waals surface area contributed by atoms with Crippen LogP contribution in [0.25, 0.3) is 0 Å². The molecule has 0 unspecified atom stereocenters. The number of amides is 2. The molecule has 2 amide bonds. The molecule has 0 saturated carbocycles. The number of carbonyl (C=O) groups excluding carboxylic acids is 2. The minimum absolute atomic E-state index is 0.181. The number of anilines is 2. The van der Waals surface area contributed by atoms with E-state index in [1.165, 1.54) is 0 Å². The van der Waals surface area contributed by atoms with Gasteiger partial charge in [-0.05, 0) is 61.0 Å². The van der Waals surface area contributed by atoms with Crippen molar-refractivity contribution in [1.29, 1.82) is 0 Å². The SMILES string of the molecule is COc1ccccc1NC(=O)c1ccc(NC(=O)COc2cc(C)ccc2Cl)cc1. The van der Waals surface area contributed by atoms with Gasteiger partial charge >= 0.3 is 0 Å². The fourth-order valence-electron chi connectivity index (χ4n) is 2.71. The molecule has 0 fully saturated rings. The molecule has 154 valence electrons. The summed E-state index contributed by atoms with van der Waals surface area (Å²) in [4.78, 5) is 24.6. The smallest absolute Gasteiger partial charge is 0.262 e. The highest BCUT2D eigenvalue weighted by molar-refractivity contribution is 6.32. The summed E-state index contributed by atoms with van der Waals surface area (Å²) >= 11 is 6.06. The zero-order valence-electron chi connectivity index (χ0n) is 16.6. The average Bonchev–Trinajstić information content (AvgIpc) is 2.75. The summed E-state index contributed by atoms with van der Waals surface area (Å²) in [6.07, 6.45) is 0. The predicted octanol–water partition coefficient (Wildman–Crippen LogP) is 4.93. The van der Waals surface area contributed by atoms with Gasteiger partial charge in [0.1, 0.15) is 11.5 Å². The molecule has 0 aliphatic rings. The monoisotopic (exact) mass is 424 g/mol. The molecular weight excluding hydrogens is 404 g/mol. The standard InChI is InChI=1S/C23H21ClN2O4/c1-15-7-12-18(24)21(13-15)30-14-22(27)25-17-10-8-16(9-11-17)23(28)26-19-5-3-4-6-20(19)29-2/h3-13H,14H2,1-2H3,(H,25,27)(H,26,28). The van der Waals surface area contributed by atoms with E-state index in [4.69, 9.17) is 21.1 Å². The van der Waals surface area contributed by atoms with Gasteiger partial charge in [-0.1, -0.05) is 29.8 Å². The highest BCUT2D eigenvalue weighted by Gasteiger charge is 2.11. The molecule has 0 aliphatic carbocycles. The largest absolute Gasteiger partial charge is 0.495 e. The quantitative estimate of drug-likeness (QED) is 0.564. The molecule has 0 bridgehead atoms. The summed E-state index contributed by atoms with van der Waals surface area (Å²) in [5.41, 5.74) is 2.56. The average molecular weight is 425 g/mol. The second kappa shape index (κ2) is 9.80. The van der Waals surface area contributed by atoms with Crippen LogP contribution in [0, 0.1) is 6.92 Å². The zero-order valence-corrected chi connectivity index (χ0v) is 17.3. The minimum Gasteiger partial charge on any atom is -0.495 e. The van der Waals surface area contributed by atoms with Gasteiger partial charge in [-0.25, -0.2) is 0 Å². The predicted molar refractivity (Wildman–Crippen MR) is 118 cm³/mol. The molecule has 3 aromatic rings. The number of benzene rings is 3. The lowest BCUT2D eigenvalue weighted by molar-refractivity contribution is -0.118. The summed E-state index contributed by atoms with van der Waals surface area (Å²) in [7, 11) is 1.54. The van der Waals surface area contributed by atoms with Gasteiger partial charge in [0.25, 0.3) is 11.8 Å². The highest BCUT2D eigenvalue weighted by Crippen LogP contribution is 2.25. The van der Waals surface area contributed by atoms with Gasteiger partial charge in [0.2, 0.25) is 0 Å². The van der Waals surface area contributed by atoms with Crippen LogP contribution < -0.4 is 20.1 Å². The number of para-hydroxylation sites is 2. The molecule has 30 heavy (non-hydrogen) atoms. The molecule has 0 aromatic heterocycles. The Morgan fingerprint density at radius 3 is 2.40 bits per heavy atom. The molecule has 0 heterocycles. The Balaban J connectivity index is 1.56. The number of aryl methyl sites for hydroxylation is 1. The fraction of sp³-hybridized carbons (Fsp3) is 0.130. The molecule has 0 aliphatic heterocycles. The minimum atomic E-state index is -0.334. The van der Waals surface area contributed by atoms with Crippen molar-refractivity contribution >= 4 is 34.8 Å². The maximum Gasteiger partial charge on any atom is 0.262 e. The van der Waals surface area contributed by atoms with Crippen LogP contribution in [0.4, 0.5) is 11.4 Å². The third kappa shape index (κ3) is 5.52. The van der Waals surface area contributed by atoms with Crippen molar-refractivity contribution in [2.45, 2.75) is 6.92 Å². The van der Waals surface area contributed by atoms with Crippen LogP contribution >= 0.6 is 11.6 Å². The zero-order chi connectivity index (χ0) is 21.5. The van der Waals surface area contributed by atoms with Crippen molar-refractivity contribution in [2.24, 2.45) is 0 Å². The second-order valence-electron chi connectivity index (χ2n) is 6.50. The van der Waals surface area contributed by atoms with E-state index < -0.39 is 0 Å². The molecule has 3 aromatic carbocycles. The lowest BCUT2D eigenvalue weighted by Crippen LogP contribution is -2.20. The van der Waals surface area contributed by atoms with Gasteiger partial charge in [0, 0.05) is 11.3 Å². The van der Waals surface area contributed by atoms with Crippen molar-refractivity contribution in [2.75, 3.05) is 24.4 Å². The van der Waals surface area contributed by atoms with Gasteiger partial charge in [-0.3, -0.25) is 9.59 Å². The Hall–Kier alpha value is -3.51. The van der Waals surface area contributed by atoms with Crippen LogP contribution in [0.15, 0.2) is 66.7 Å². The van der Waals surface area contributed by atoms with E-state index in [2.05, 4.69) is 10.6 Å². The number of rotatable bonds is 7. The molecule has 7 heteroatoms. The van der Waals surface area contributed by atoms with E-state index in [0.717, 1.165) is 5.56 Å². The van der Waals surface area contributed by atoms with Gasteiger partial charge in [0.05, 0.1) is 17.8 Å². The van der Waals surface area contributed by atoms with Crippen molar-refractivity contribution in [3.05, 3.63) is 82.9 Å². The van der Waals surface area contributed by atoms with E-state index in [9.17, 15) is 9.59 Å². The lowest BCUT2D eigenvalue weighted by Gasteiger charge is -2.11. The van der Waals surface area contributed by atoms with Crippen molar-refractivity contribution in [1.82, 2.24) is 0 Å². The Morgan fingerprint density at radius 1 is 0.933 bits per heavy atom. The lowest BCUT2D eigenvalue weighted by atomic mass is 10.2. The van der Waals surface area contributed by atoms with Gasteiger partial charge in [-0.15, -0.1) is 0 Å². The van der Waals surface area contributed by atoms with Crippen LogP contribution in [0.5, 0.6) is 11.5 Å². The number of nitrogens with one attached hydrogen (secondary N) is 2. The summed E-state index contributed by atoms with van der Waals surface area (Å²) in [5.74, 6) is 0.409. The van der Waals surface area contributed by atoms with Crippen LogP contribution in [-0.2, 0) is 4.79 Å². The molecule has 0 atom stereocenters. The van der Waals surface area contributed by atoms with E-state index in [0.29, 0.717) is 33.5 Å². The fourth-order valence-corrected chi connectivity index (χ4v) is 2.88. The number of ether oxygens (including phenoxy) is 2. The number of hydrogen-bond donors (Lipinski definition) is 2. The van der Waals surface area contributed by atoms with Crippen LogP contribution in [0.2, 0.25) is 5.02 Å². The molecule has 0 saturated heterocycles. The highest BCUT2D eigenvalue weighted by atomic mass is 35.5. The molecule has 0 spiro atoms. The normalized spacial score (nSPS) is 10.2. The van der Waals surface area contributed by atoms with Crippen LogP contribution in [-0.4, -0.2) is 25.5 Å². The number of hydrogen-bond acceptors (Lipinski definition) is 4. The molecule has 6 nitrogen and oxygen atoms in total. The Bertz CT molecular complexity index is 1050. The van der Waals surface area contributed by atoms with Crippen LogP contribution in [0.1, 0.15) is 15.9 Å². The Kier molecular flexibility index (Phi) is 6.93. The maximum absolute atomic E-state index is 12.4. The Labute approximate surface area is 179 Å². The number of carbonyl (C=O) groups is 2. The van der Waals surface area contributed by atoms with Gasteiger partial charge < -0.3 is 20.1 Å². The second-order valence-corrected chi connectivity index (χ2v) is 6.91. The summed E-state index contributed by atoms with van der Waals surface area (Å²) < 4.78 is 10.7. The third-order valence-corrected chi connectivity index (χ3v) is 4.54. The first-order valence-corrected chi connectivity index (χ1v) is 9.57. The Morgan fingerprint density at radius 2 is 1.67 bits per heavy atom. The molecular formula is C23H21ClN2O4. The first-order valence-electron chi connectivity index (χ1n) is 9.19. The molecule has 3 rings (SSSR count). The maximum atomic E-state index is 12.4. The van der Waals surface area contributed by atoms with E-state index >= 15 is 0 Å². The van der Waals surface area contributed by atoms with Crippen molar-refractivity contribution in [3.8, 4) is 11.5 Å². The van der Waals surface area contributed by atoms with E-state index in [1.807, 2.05) is 25.1 Å². The van der Waals surface area contributed by atoms with E-state index in [-0.39, 0.29) is 18.4 Å². The number of halogens is 1. The summed E-state index contributed by atoms with van der Waals surface area (Å²) in [5, 5.41) is 5.97. The van der Waals surface area contributed by atoms with Gasteiger partial charge in [0.15, 0.2) is 6.61 Å². The van der Waals surface area contributed by atoms with Crippen molar-refractivity contribution < 1.29 is 19.1 Å². The van der Waals surface area contributed by atoms with E-state index in [1.54, 1.807) is 55.6 Å². The molecule has 2 N–H and O–H groups in total. The summed E-state index contributed by atoms with van der Waals surface area (Å²) in [6.45, 7) is 1.73. The molecule has 0 radical (unpaired) electrons. The topological polar surface area (TPSA) is 76.7 Å². The van der Waals surface area contributed by atoms with Gasteiger partial charge in [-0.2, -0.15) is 0 Å². The summed E-state index contributed by atoms with van der Waals surface area (Å²) in [6, 6.07) is 19.0. The third-order valence-electron chi connectivity index (χ3n) is 4.23. The first-order chi connectivity index (χ1) is 14.5.